The summed E-state index contributed by atoms with van der Waals surface area (Å²) in [5, 5.41) is 5.52. The van der Waals surface area contributed by atoms with Crippen molar-refractivity contribution in [1.82, 2.24) is 5.43 Å². The topological polar surface area (TPSA) is 33.6 Å². The van der Waals surface area contributed by atoms with E-state index in [1.807, 2.05) is 42.5 Å². The third kappa shape index (κ3) is 3.89. The van der Waals surface area contributed by atoms with Crippen LogP contribution in [0.5, 0.6) is 5.75 Å². The highest BCUT2D eigenvalue weighted by molar-refractivity contribution is 8.14. The van der Waals surface area contributed by atoms with E-state index in [4.69, 9.17) is 4.74 Å². The van der Waals surface area contributed by atoms with Crippen LogP contribution in [0.3, 0.4) is 0 Å². The zero-order valence-electron chi connectivity index (χ0n) is 13.9. The van der Waals surface area contributed by atoms with Crippen LogP contribution >= 0.6 is 11.8 Å². The van der Waals surface area contributed by atoms with E-state index < -0.39 is 0 Å². The Morgan fingerprint density at radius 1 is 0.923 bits per heavy atom. The molecule has 1 aliphatic heterocycles. The van der Waals surface area contributed by atoms with Gasteiger partial charge in [-0.05, 0) is 35.4 Å². The number of hydrazone groups is 1. The third-order valence-electron chi connectivity index (χ3n) is 4.04. The van der Waals surface area contributed by atoms with Gasteiger partial charge in [-0.25, -0.2) is 4.39 Å². The van der Waals surface area contributed by atoms with Crippen LogP contribution in [0.2, 0.25) is 0 Å². The number of nitrogens with zero attached hydrogens (tertiary/aromatic N) is 1. The summed E-state index contributed by atoms with van der Waals surface area (Å²) in [7, 11) is 0. The van der Waals surface area contributed by atoms with Crippen LogP contribution in [0.1, 0.15) is 22.1 Å². The van der Waals surface area contributed by atoms with E-state index >= 15 is 0 Å². The van der Waals surface area contributed by atoms with Crippen molar-refractivity contribution in [1.29, 1.82) is 0 Å². The molecule has 0 amide bonds. The predicted molar refractivity (Wildman–Crippen MR) is 104 cm³/mol. The molecule has 0 unspecified atom stereocenters. The van der Waals surface area contributed by atoms with Crippen LogP contribution in [0.4, 0.5) is 4.39 Å². The fourth-order valence-electron chi connectivity index (χ4n) is 2.62. The molecule has 0 radical (unpaired) electrons. The van der Waals surface area contributed by atoms with Crippen LogP contribution in [-0.4, -0.2) is 5.04 Å². The highest BCUT2D eigenvalue weighted by atomic mass is 32.2. The summed E-state index contributed by atoms with van der Waals surface area (Å²) in [4.78, 5) is 0. The zero-order valence-corrected chi connectivity index (χ0v) is 14.7. The second-order valence-electron chi connectivity index (χ2n) is 5.89. The van der Waals surface area contributed by atoms with Gasteiger partial charge in [-0.15, -0.1) is 0 Å². The van der Waals surface area contributed by atoms with E-state index in [2.05, 4.69) is 22.7 Å². The molecule has 4 rings (SSSR count). The van der Waals surface area contributed by atoms with E-state index in [9.17, 15) is 4.39 Å². The Balaban J connectivity index is 1.35. The summed E-state index contributed by atoms with van der Waals surface area (Å²) in [6.45, 7) is 0.414. The largest absolute Gasteiger partial charge is 0.489 e. The van der Waals surface area contributed by atoms with Crippen LogP contribution < -0.4 is 10.2 Å². The molecular weight excluding hydrogens is 347 g/mol. The SMILES string of the molecule is Fc1ccc(COc2ccc([C@H]3NN=C(c4ccccc4)S3)cc2)cc1. The number of rotatable bonds is 5. The predicted octanol–water partition coefficient (Wildman–Crippen LogP) is 5.10. The summed E-state index contributed by atoms with van der Waals surface area (Å²) in [6.07, 6.45) is 0. The molecule has 0 aliphatic carbocycles. The fourth-order valence-corrected chi connectivity index (χ4v) is 3.62. The minimum atomic E-state index is -0.239. The second kappa shape index (κ2) is 7.62. The molecule has 0 bridgehead atoms. The van der Waals surface area contributed by atoms with Gasteiger partial charge in [0, 0.05) is 5.56 Å². The first kappa shape index (κ1) is 16.7. The van der Waals surface area contributed by atoms with Crippen molar-refractivity contribution in [3.05, 3.63) is 101 Å². The number of benzene rings is 3. The molecule has 1 heterocycles. The number of hydrogen-bond acceptors (Lipinski definition) is 4. The lowest BCUT2D eigenvalue weighted by Crippen LogP contribution is -2.06. The molecule has 1 atom stereocenters. The maximum Gasteiger partial charge on any atom is 0.126 e. The minimum Gasteiger partial charge on any atom is -0.489 e. The van der Waals surface area contributed by atoms with Gasteiger partial charge in [-0.1, -0.05) is 66.4 Å². The van der Waals surface area contributed by atoms with Crippen molar-refractivity contribution in [2.24, 2.45) is 5.10 Å². The Morgan fingerprint density at radius 2 is 1.65 bits per heavy atom. The molecule has 3 nitrogen and oxygen atoms in total. The Kier molecular flexibility index (Phi) is 4.88. The van der Waals surface area contributed by atoms with Gasteiger partial charge in [0.25, 0.3) is 0 Å². The minimum absolute atomic E-state index is 0.0938. The van der Waals surface area contributed by atoms with Crippen LogP contribution in [0, 0.1) is 5.82 Å². The molecule has 0 saturated carbocycles. The van der Waals surface area contributed by atoms with Gasteiger partial charge in [-0.2, -0.15) is 5.10 Å². The molecule has 1 aliphatic rings. The fraction of sp³-hybridized carbons (Fsp3) is 0.0952. The number of ether oxygens (including phenoxy) is 1. The van der Waals surface area contributed by atoms with Gasteiger partial charge in [-0.3, -0.25) is 5.43 Å². The van der Waals surface area contributed by atoms with Crippen molar-refractivity contribution in [3.8, 4) is 5.75 Å². The molecule has 0 saturated heterocycles. The summed E-state index contributed by atoms with van der Waals surface area (Å²) < 4.78 is 18.7. The van der Waals surface area contributed by atoms with Crippen molar-refractivity contribution in [2.75, 3.05) is 0 Å². The molecular formula is C21H17FN2OS. The second-order valence-corrected chi connectivity index (χ2v) is 6.99. The number of thioether (sulfide) groups is 1. The third-order valence-corrected chi connectivity index (χ3v) is 5.20. The van der Waals surface area contributed by atoms with Crippen LogP contribution in [0.25, 0.3) is 0 Å². The summed E-state index contributed by atoms with van der Waals surface area (Å²) in [5.74, 6) is 0.544. The lowest BCUT2D eigenvalue weighted by atomic mass is 10.2. The maximum absolute atomic E-state index is 12.9. The van der Waals surface area contributed by atoms with Crippen molar-refractivity contribution in [2.45, 2.75) is 12.0 Å². The zero-order chi connectivity index (χ0) is 17.8. The molecule has 0 fully saturated rings. The normalized spacial score (nSPS) is 16.0. The van der Waals surface area contributed by atoms with Crippen molar-refractivity contribution >= 4 is 16.8 Å². The van der Waals surface area contributed by atoms with E-state index in [-0.39, 0.29) is 11.2 Å². The lowest BCUT2D eigenvalue weighted by molar-refractivity contribution is 0.306. The van der Waals surface area contributed by atoms with E-state index in [0.29, 0.717) is 6.61 Å². The van der Waals surface area contributed by atoms with Gasteiger partial charge in [0.15, 0.2) is 0 Å². The first-order valence-corrected chi connectivity index (χ1v) is 9.18. The molecule has 5 heteroatoms. The number of halogens is 1. The van der Waals surface area contributed by atoms with Crippen LogP contribution in [-0.2, 0) is 6.61 Å². The lowest BCUT2D eigenvalue weighted by Gasteiger charge is -2.11. The van der Waals surface area contributed by atoms with Gasteiger partial charge in [0.2, 0.25) is 0 Å². The molecule has 0 aromatic heterocycles. The summed E-state index contributed by atoms with van der Waals surface area (Å²) in [6, 6.07) is 24.4. The van der Waals surface area contributed by atoms with Gasteiger partial charge < -0.3 is 4.74 Å². The van der Waals surface area contributed by atoms with Gasteiger partial charge in [0.1, 0.15) is 28.6 Å². The van der Waals surface area contributed by atoms with Gasteiger partial charge >= 0.3 is 0 Å². The molecule has 26 heavy (non-hydrogen) atoms. The Bertz CT molecular complexity index is 896. The summed E-state index contributed by atoms with van der Waals surface area (Å²) in [5.41, 5.74) is 6.37. The standard InChI is InChI=1S/C21H17FN2OS/c22-18-10-6-15(7-11-18)14-25-19-12-8-17(9-13-19)21-24-23-20(26-21)16-4-2-1-3-5-16/h1-13,21,24H,14H2/t21-/m0/s1. The molecule has 3 aromatic rings. The molecule has 130 valence electrons. The highest BCUT2D eigenvalue weighted by Crippen LogP contribution is 2.34. The Labute approximate surface area is 155 Å². The van der Waals surface area contributed by atoms with Crippen LogP contribution in [0.15, 0.2) is 84.0 Å². The summed E-state index contributed by atoms with van der Waals surface area (Å²) >= 11 is 1.70. The smallest absolute Gasteiger partial charge is 0.126 e. The first-order valence-electron chi connectivity index (χ1n) is 8.30. The van der Waals surface area contributed by atoms with Gasteiger partial charge in [0.05, 0.1) is 0 Å². The number of hydrogen-bond donors (Lipinski definition) is 1. The average Bonchev–Trinajstić information content (AvgIpc) is 3.19. The quantitative estimate of drug-likeness (QED) is 0.684. The molecule has 3 aromatic carbocycles. The monoisotopic (exact) mass is 364 g/mol. The van der Waals surface area contributed by atoms with E-state index in [0.717, 1.165) is 27.5 Å². The van der Waals surface area contributed by atoms with Crippen molar-refractivity contribution < 1.29 is 9.13 Å². The molecule has 0 spiro atoms. The Morgan fingerprint density at radius 3 is 2.38 bits per heavy atom. The maximum atomic E-state index is 12.9. The molecule has 1 N–H and O–H groups in total. The first-order chi connectivity index (χ1) is 12.8. The highest BCUT2D eigenvalue weighted by Gasteiger charge is 2.21. The van der Waals surface area contributed by atoms with Crippen molar-refractivity contribution in [3.63, 3.8) is 0 Å². The van der Waals surface area contributed by atoms with E-state index in [1.165, 1.54) is 12.1 Å². The number of nitrogens with one attached hydrogen (secondary N) is 1. The van der Waals surface area contributed by atoms with E-state index in [1.54, 1.807) is 23.9 Å². The Hall–Kier alpha value is -2.79. The average molecular weight is 364 g/mol.